The van der Waals surface area contributed by atoms with Crippen LogP contribution in [0.5, 0.6) is 5.75 Å². The minimum atomic E-state index is -0.365. The molecule has 5 nitrogen and oxygen atoms in total. The Bertz CT molecular complexity index is 577. The molecular weight excluding hydrogens is 266 g/mol. The first-order chi connectivity index (χ1) is 10.2. The molecule has 0 aliphatic carbocycles. The van der Waals surface area contributed by atoms with E-state index in [0.717, 1.165) is 18.4 Å². The first kappa shape index (κ1) is 16.3. The van der Waals surface area contributed by atoms with Crippen molar-refractivity contribution in [2.24, 2.45) is 0 Å². The fourth-order valence-electron chi connectivity index (χ4n) is 1.57. The van der Waals surface area contributed by atoms with Gasteiger partial charge in [0.2, 0.25) is 0 Å². The number of hydrogen-bond donors (Lipinski definition) is 1. The van der Waals surface area contributed by atoms with Crippen molar-refractivity contribution in [3.05, 3.63) is 35.4 Å². The van der Waals surface area contributed by atoms with Gasteiger partial charge >= 0.3 is 0 Å². The highest BCUT2D eigenvalue weighted by Gasteiger charge is 2.07. The molecular formula is C16H17N3O2. The summed E-state index contributed by atoms with van der Waals surface area (Å²) in [6.07, 6.45) is 3.39. The van der Waals surface area contributed by atoms with Crippen LogP contribution in [0.1, 0.15) is 25.3 Å². The van der Waals surface area contributed by atoms with Gasteiger partial charge in [0.1, 0.15) is 23.5 Å². The molecule has 0 fully saturated rings. The molecule has 1 aromatic rings. The summed E-state index contributed by atoms with van der Waals surface area (Å²) in [4.78, 5) is 11.8. The van der Waals surface area contributed by atoms with E-state index in [1.54, 1.807) is 24.3 Å². The Morgan fingerprint density at radius 2 is 2.05 bits per heavy atom. The average molecular weight is 283 g/mol. The van der Waals surface area contributed by atoms with Crippen LogP contribution in [0.3, 0.4) is 0 Å². The molecule has 0 saturated heterocycles. The maximum atomic E-state index is 11.8. The number of amides is 1. The second-order valence-electron chi connectivity index (χ2n) is 4.30. The smallest absolute Gasteiger partial charge is 0.261 e. The van der Waals surface area contributed by atoms with E-state index in [9.17, 15) is 4.79 Å². The largest absolute Gasteiger partial charge is 0.479 e. The van der Waals surface area contributed by atoms with Gasteiger partial charge in [0.25, 0.3) is 5.91 Å². The van der Waals surface area contributed by atoms with Gasteiger partial charge in [-0.15, -0.1) is 0 Å². The molecule has 0 aliphatic heterocycles. The summed E-state index contributed by atoms with van der Waals surface area (Å²) in [7, 11) is 0. The first-order valence-electron chi connectivity index (χ1n) is 6.71. The molecule has 1 N–H and O–H groups in total. The lowest BCUT2D eigenvalue weighted by atomic mass is 10.1. The zero-order valence-electron chi connectivity index (χ0n) is 11.9. The van der Waals surface area contributed by atoms with Gasteiger partial charge in [0.15, 0.2) is 6.61 Å². The molecule has 0 unspecified atom stereocenters. The summed E-state index contributed by atoms with van der Waals surface area (Å²) in [5, 5.41) is 20.2. The number of benzene rings is 1. The van der Waals surface area contributed by atoms with E-state index in [2.05, 4.69) is 5.32 Å². The van der Waals surface area contributed by atoms with Gasteiger partial charge in [-0.25, -0.2) is 0 Å². The average Bonchev–Trinajstić information content (AvgIpc) is 2.51. The summed E-state index contributed by atoms with van der Waals surface area (Å²) in [5.74, 6) is 0.204. The molecule has 0 saturated carbocycles. The van der Waals surface area contributed by atoms with Crippen LogP contribution < -0.4 is 10.1 Å². The molecule has 0 aliphatic rings. The maximum absolute atomic E-state index is 11.8. The van der Waals surface area contributed by atoms with Crippen molar-refractivity contribution in [3.63, 3.8) is 0 Å². The first-order valence-corrected chi connectivity index (χ1v) is 6.71. The van der Waals surface area contributed by atoms with E-state index < -0.39 is 0 Å². The highest BCUT2D eigenvalue weighted by atomic mass is 16.5. The Morgan fingerprint density at radius 1 is 1.33 bits per heavy atom. The number of carbonyl (C=O) groups is 1. The Morgan fingerprint density at radius 3 is 2.62 bits per heavy atom. The predicted octanol–water partition coefficient (Wildman–Crippen LogP) is 2.41. The number of nitrogens with one attached hydrogen (secondary N) is 1. The van der Waals surface area contributed by atoms with Crippen LogP contribution in [0.15, 0.2) is 29.8 Å². The maximum Gasteiger partial charge on any atom is 0.261 e. The molecule has 0 aromatic heterocycles. The second kappa shape index (κ2) is 9.17. The van der Waals surface area contributed by atoms with Crippen molar-refractivity contribution in [2.75, 3.05) is 13.2 Å². The van der Waals surface area contributed by atoms with Crippen LogP contribution in [-0.4, -0.2) is 19.1 Å². The quantitative estimate of drug-likeness (QED) is 0.473. The molecule has 0 spiro atoms. The summed E-state index contributed by atoms with van der Waals surface area (Å²) in [5.41, 5.74) is 0.790. The third-order valence-electron chi connectivity index (χ3n) is 2.68. The minimum absolute atomic E-state index is 0.0154. The van der Waals surface area contributed by atoms with Gasteiger partial charge in [-0.05, 0) is 30.2 Å². The Balaban J connectivity index is 2.72. The van der Waals surface area contributed by atoms with Crippen LogP contribution in [0.4, 0.5) is 0 Å². The molecule has 0 heterocycles. The van der Waals surface area contributed by atoms with Crippen LogP contribution in [0.2, 0.25) is 0 Å². The Hall–Kier alpha value is -2.79. The van der Waals surface area contributed by atoms with Crippen LogP contribution in [0.25, 0.3) is 6.08 Å². The number of rotatable bonds is 7. The molecule has 108 valence electrons. The standard InChI is InChI=1S/C16H17N3O2/c1-2-3-9-19-16(20)14(12-18)11-13-4-6-15(7-5-13)21-10-8-17/h4-7,11H,2-3,9-10H2,1H3,(H,19,20)/b14-11+. The summed E-state index contributed by atoms with van der Waals surface area (Å²) in [6.45, 7) is 2.58. The fourth-order valence-corrected chi connectivity index (χ4v) is 1.57. The van der Waals surface area contributed by atoms with E-state index in [4.69, 9.17) is 15.3 Å². The van der Waals surface area contributed by atoms with Gasteiger partial charge in [0.05, 0.1) is 0 Å². The van der Waals surface area contributed by atoms with Crippen molar-refractivity contribution in [1.29, 1.82) is 10.5 Å². The topological polar surface area (TPSA) is 85.9 Å². The van der Waals surface area contributed by atoms with Gasteiger partial charge in [-0.1, -0.05) is 25.5 Å². The number of nitriles is 2. The summed E-state index contributed by atoms with van der Waals surface area (Å²) in [6, 6.07) is 10.6. The minimum Gasteiger partial charge on any atom is -0.479 e. The number of unbranched alkanes of at least 4 members (excludes halogenated alkanes) is 1. The summed E-state index contributed by atoms with van der Waals surface area (Å²) < 4.78 is 5.13. The summed E-state index contributed by atoms with van der Waals surface area (Å²) >= 11 is 0. The lowest BCUT2D eigenvalue weighted by Crippen LogP contribution is -2.25. The molecule has 1 amide bonds. The predicted molar refractivity (Wildman–Crippen MR) is 79.1 cm³/mol. The Kier molecular flexibility index (Phi) is 7.10. The van der Waals surface area contributed by atoms with Crippen molar-refractivity contribution in [2.45, 2.75) is 19.8 Å². The molecule has 0 atom stereocenters. The molecule has 21 heavy (non-hydrogen) atoms. The van der Waals surface area contributed by atoms with E-state index >= 15 is 0 Å². The normalized spacial score (nSPS) is 10.3. The fraction of sp³-hybridized carbons (Fsp3) is 0.312. The second-order valence-corrected chi connectivity index (χ2v) is 4.30. The van der Waals surface area contributed by atoms with E-state index in [0.29, 0.717) is 12.3 Å². The van der Waals surface area contributed by atoms with Gasteiger partial charge in [-0.2, -0.15) is 10.5 Å². The number of hydrogen-bond acceptors (Lipinski definition) is 4. The van der Waals surface area contributed by atoms with Crippen molar-refractivity contribution < 1.29 is 9.53 Å². The molecule has 1 rings (SSSR count). The highest BCUT2D eigenvalue weighted by molar-refractivity contribution is 6.01. The zero-order chi connectivity index (χ0) is 15.5. The number of carbonyl (C=O) groups excluding carboxylic acids is 1. The van der Waals surface area contributed by atoms with Gasteiger partial charge in [0, 0.05) is 6.54 Å². The van der Waals surface area contributed by atoms with Crippen molar-refractivity contribution in [3.8, 4) is 17.9 Å². The van der Waals surface area contributed by atoms with E-state index in [1.165, 1.54) is 6.08 Å². The van der Waals surface area contributed by atoms with Crippen LogP contribution in [0, 0.1) is 22.7 Å². The highest BCUT2D eigenvalue weighted by Crippen LogP contribution is 2.14. The number of nitrogens with zero attached hydrogens (tertiary/aromatic N) is 2. The number of ether oxygens (including phenoxy) is 1. The zero-order valence-corrected chi connectivity index (χ0v) is 11.9. The van der Waals surface area contributed by atoms with Crippen LogP contribution in [-0.2, 0) is 4.79 Å². The third-order valence-corrected chi connectivity index (χ3v) is 2.68. The van der Waals surface area contributed by atoms with Crippen molar-refractivity contribution in [1.82, 2.24) is 5.32 Å². The SMILES string of the molecule is CCCCNC(=O)/C(C#N)=C/c1ccc(OCC#N)cc1. The van der Waals surface area contributed by atoms with Gasteiger partial charge < -0.3 is 10.1 Å². The lowest BCUT2D eigenvalue weighted by Gasteiger charge is -2.04. The van der Waals surface area contributed by atoms with E-state index in [1.807, 2.05) is 19.1 Å². The lowest BCUT2D eigenvalue weighted by molar-refractivity contribution is -0.117. The monoisotopic (exact) mass is 283 g/mol. The third kappa shape index (κ3) is 5.80. The molecule has 0 bridgehead atoms. The molecule has 0 radical (unpaired) electrons. The molecule has 5 heteroatoms. The molecule has 1 aromatic carbocycles. The van der Waals surface area contributed by atoms with E-state index in [-0.39, 0.29) is 18.1 Å². The van der Waals surface area contributed by atoms with Crippen LogP contribution >= 0.6 is 0 Å². The Labute approximate surface area is 124 Å². The van der Waals surface area contributed by atoms with Crippen molar-refractivity contribution >= 4 is 12.0 Å². The van der Waals surface area contributed by atoms with Gasteiger partial charge in [-0.3, -0.25) is 4.79 Å².